The van der Waals surface area contributed by atoms with Crippen molar-refractivity contribution < 1.29 is 0 Å². The molecule has 0 spiro atoms. The summed E-state index contributed by atoms with van der Waals surface area (Å²) in [5, 5.41) is 0.617. The predicted molar refractivity (Wildman–Crippen MR) is 231 cm³/mol. The quantitative estimate of drug-likeness (QED) is 0.186. The smallest absolute Gasteiger partial charge is 0.0747 e. The van der Waals surface area contributed by atoms with Crippen LogP contribution in [-0.2, 0) is 0 Å². The van der Waals surface area contributed by atoms with Gasteiger partial charge in [0.1, 0.15) is 0 Å². The highest BCUT2D eigenvalue weighted by Crippen LogP contribution is 2.45. The Morgan fingerprint density at radius 1 is 0.309 bits per heavy atom. The summed E-state index contributed by atoms with van der Waals surface area (Å²) in [6, 6.07) is 56.4. The van der Waals surface area contributed by atoms with Crippen LogP contribution in [0.5, 0.6) is 0 Å². The minimum atomic E-state index is 0.617. The molecule has 8 aromatic rings. The Morgan fingerprint density at radius 3 is 1.00 bits per heavy atom. The Morgan fingerprint density at radius 2 is 0.618 bits per heavy atom. The van der Waals surface area contributed by atoms with E-state index in [1.54, 1.807) is 0 Å². The van der Waals surface area contributed by atoms with Gasteiger partial charge in [-0.05, 0) is 64.3 Å². The third-order valence-electron chi connectivity index (χ3n) is 10.3. The van der Waals surface area contributed by atoms with Gasteiger partial charge >= 0.3 is 0 Å². The molecule has 10 rings (SSSR count). The van der Waals surface area contributed by atoms with Crippen LogP contribution in [0.25, 0.3) is 102 Å². The number of aromatic nitrogens is 4. The molecule has 55 heavy (non-hydrogen) atoms. The molecular formula is C50H33ClN4. The zero-order valence-electron chi connectivity index (χ0n) is 29.7. The summed E-state index contributed by atoms with van der Waals surface area (Å²) in [6.45, 7) is 0. The van der Waals surface area contributed by atoms with E-state index in [2.05, 4.69) is 168 Å². The monoisotopic (exact) mass is 724 g/mol. The van der Waals surface area contributed by atoms with E-state index in [4.69, 9.17) is 21.6 Å². The highest BCUT2D eigenvalue weighted by molar-refractivity contribution is 6.39. The fourth-order valence-electron chi connectivity index (χ4n) is 7.82. The third kappa shape index (κ3) is 5.81. The number of benzene rings is 5. The molecule has 0 saturated heterocycles. The lowest BCUT2D eigenvalue weighted by Gasteiger charge is -2.08. The van der Waals surface area contributed by atoms with E-state index >= 15 is 0 Å². The van der Waals surface area contributed by atoms with Crippen LogP contribution in [-0.4, -0.2) is 19.9 Å². The van der Waals surface area contributed by atoms with Gasteiger partial charge in [-0.15, -0.1) is 0 Å². The van der Waals surface area contributed by atoms with Crippen LogP contribution in [0.2, 0.25) is 5.02 Å². The van der Waals surface area contributed by atoms with Gasteiger partial charge < -0.3 is 9.97 Å². The Bertz CT molecular complexity index is 2950. The predicted octanol–water partition coefficient (Wildman–Crippen LogP) is 13.6. The Labute approximate surface area is 323 Å². The molecule has 5 heterocycles. The molecule has 5 heteroatoms. The van der Waals surface area contributed by atoms with Crippen LogP contribution in [0, 0.1) is 0 Å². The molecule has 0 atom stereocenters. The largest absolute Gasteiger partial charge is 0.354 e. The zero-order chi connectivity index (χ0) is 36.7. The van der Waals surface area contributed by atoms with Crippen molar-refractivity contribution in [2.24, 2.45) is 0 Å². The molecule has 2 N–H and O–H groups in total. The lowest BCUT2D eigenvalue weighted by molar-refractivity contribution is 1.31. The van der Waals surface area contributed by atoms with E-state index in [1.165, 1.54) is 0 Å². The molecule has 8 bridgehead atoms. The number of hydrogen-bond acceptors (Lipinski definition) is 2. The molecule has 5 aromatic carbocycles. The molecule has 2 aliphatic rings. The molecule has 0 fully saturated rings. The standard InChI is InChI=1S/C50H33ClN4/c51-48-47(36-24-14-5-15-25-36)49-45(34-20-10-3-11-21-34)41-30-28-39(53-41)43(32-16-6-1-7-17-32)37-26-27-38(52-37)44(33-18-8-2-9-19-33)40-29-31-42(54-40)46(50(48)55-49)35-22-12-4-13-23-35/h1-31,52,55H. The van der Waals surface area contributed by atoms with E-state index in [-0.39, 0.29) is 0 Å². The Kier molecular flexibility index (Phi) is 8.16. The van der Waals surface area contributed by atoms with E-state index < -0.39 is 0 Å². The molecule has 0 radical (unpaired) electrons. The minimum absolute atomic E-state index is 0.617. The fourth-order valence-corrected chi connectivity index (χ4v) is 8.17. The lowest BCUT2D eigenvalue weighted by Crippen LogP contribution is -1.90. The first-order valence-corrected chi connectivity index (χ1v) is 18.7. The third-order valence-corrected chi connectivity index (χ3v) is 10.7. The number of halogens is 1. The van der Waals surface area contributed by atoms with E-state index in [9.17, 15) is 0 Å². The van der Waals surface area contributed by atoms with Crippen molar-refractivity contribution in [1.29, 1.82) is 0 Å². The summed E-state index contributed by atoms with van der Waals surface area (Å²) >= 11 is 7.72. The fraction of sp³-hybridized carbons (Fsp3) is 0. The van der Waals surface area contributed by atoms with Crippen molar-refractivity contribution in [2.45, 2.75) is 0 Å². The van der Waals surface area contributed by atoms with Crippen molar-refractivity contribution in [3.05, 3.63) is 192 Å². The second kappa shape index (κ2) is 13.8. The molecule has 0 unspecified atom stereocenters. The van der Waals surface area contributed by atoms with Gasteiger partial charge in [-0.2, -0.15) is 0 Å². The van der Waals surface area contributed by atoms with Crippen LogP contribution in [0.1, 0.15) is 22.8 Å². The number of H-pyrrole nitrogens is 2. The van der Waals surface area contributed by atoms with Gasteiger partial charge in [0.2, 0.25) is 0 Å². The summed E-state index contributed by atoms with van der Waals surface area (Å²) < 4.78 is 0. The summed E-state index contributed by atoms with van der Waals surface area (Å²) in [5.41, 5.74) is 16.9. The van der Waals surface area contributed by atoms with Crippen molar-refractivity contribution in [2.75, 3.05) is 0 Å². The number of aromatic amines is 2. The number of nitrogens with zero attached hydrogens (tertiary/aromatic N) is 2. The van der Waals surface area contributed by atoms with Crippen LogP contribution in [0.15, 0.2) is 164 Å². The zero-order valence-corrected chi connectivity index (χ0v) is 30.4. The van der Waals surface area contributed by atoms with Crippen LogP contribution < -0.4 is 0 Å². The molecule has 0 saturated carbocycles. The SMILES string of the molecule is Clc1c(-c2ccccc2)c2[nH]c1c(-c1ccccc1)c1nc(c(-c3ccccc3)c3ccc([nH]3)c(-c3ccccc3)c3nc(c2-c2ccccc2)C=C3)C=C1. The first-order chi connectivity index (χ1) is 27.2. The highest BCUT2D eigenvalue weighted by atomic mass is 35.5. The number of fused-ring (bicyclic) bond motifs is 8. The maximum atomic E-state index is 7.72. The second-order valence-electron chi connectivity index (χ2n) is 13.6. The van der Waals surface area contributed by atoms with Crippen molar-refractivity contribution in [3.8, 4) is 55.6 Å². The molecule has 260 valence electrons. The van der Waals surface area contributed by atoms with E-state index in [1.807, 2.05) is 30.3 Å². The maximum Gasteiger partial charge on any atom is 0.0747 e. The van der Waals surface area contributed by atoms with Gasteiger partial charge in [-0.1, -0.05) is 163 Å². The molecule has 4 nitrogen and oxygen atoms in total. The van der Waals surface area contributed by atoms with Crippen molar-refractivity contribution >= 4 is 58.0 Å². The lowest BCUT2D eigenvalue weighted by atomic mass is 9.98. The molecular weight excluding hydrogens is 692 g/mol. The maximum absolute atomic E-state index is 7.72. The van der Waals surface area contributed by atoms with Crippen molar-refractivity contribution in [3.63, 3.8) is 0 Å². The van der Waals surface area contributed by atoms with Crippen LogP contribution in [0.4, 0.5) is 0 Å². The first-order valence-electron chi connectivity index (χ1n) is 18.4. The Hall–Kier alpha value is -7.01. The topological polar surface area (TPSA) is 57.4 Å². The Balaban J connectivity index is 1.47. The first kappa shape index (κ1) is 32.6. The summed E-state index contributed by atoms with van der Waals surface area (Å²) in [5.74, 6) is 0. The van der Waals surface area contributed by atoms with Gasteiger partial charge in [0.25, 0.3) is 0 Å². The summed E-state index contributed by atoms with van der Waals surface area (Å²) in [7, 11) is 0. The van der Waals surface area contributed by atoms with Gasteiger partial charge in [0.05, 0.1) is 38.8 Å². The normalized spacial score (nSPS) is 11.9. The van der Waals surface area contributed by atoms with Gasteiger partial charge in [0, 0.05) is 38.9 Å². The average Bonchev–Trinajstić information content (AvgIpc) is 4.07. The number of nitrogens with one attached hydrogen (secondary N) is 2. The van der Waals surface area contributed by atoms with Gasteiger partial charge in [-0.3, -0.25) is 0 Å². The second-order valence-corrected chi connectivity index (χ2v) is 14.0. The van der Waals surface area contributed by atoms with Gasteiger partial charge in [-0.25, -0.2) is 9.97 Å². The molecule has 0 aliphatic carbocycles. The highest BCUT2D eigenvalue weighted by Gasteiger charge is 2.23. The molecule has 2 aliphatic heterocycles. The molecule has 3 aromatic heterocycles. The molecule has 0 amide bonds. The number of rotatable bonds is 5. The van der Waals surface area contributed by atoms with E-state index in [0.29, 0.717) is 5.02 Å². The minimum Gasteiger partial charge on any atom is -0.354 e. The van der Waals surface area contributed by atoms with Crippen LogP contribution >= 0.6 is 11.6 Å². The summed E-state index contributed by atoms with van der Waals surface area (Å²) in [4.78, 5) is 18.6. The van der Waals surface area contributed by atoms with Gasteiger partial charge in [0.15, 0.2) is 0 Å². The summed E-state index contributed by atoms with van der Waals surface area (Å²) in [6.07, 6.45) is 8.47. The van der Waals surface area contributed by atoms with E-state index in [0.717, 1.165) is 100 Å². The average molecular weight is 725 g/mol. The number of hydrogen-bond donors (Lipinski definition) is 2. The van der Waals surface area contributed by atoms with Crippen molar-refractivity contribution in [1.82, 2.24) is 19.9 Å². The van der Waals surface area contributed by atoms with Crippen LogP contribution in [0.3, 0.4) is 0 Å².